The number of hydrogen-bond acceptors (Lipinski definition) is 6. The summed E-state index contributed by atoms with van der Waals surface area (Å²) in [5, 5.41) is 0. The lowest BCUT2D eigenvalue weighted by molar-refractivity contribution is 0.387. The largest absolute Gasteiger partial charge is 0.497 e. The number of anilines is 2. The molecule has 7 nitrogen and oxygen atoms in total. The molecule has 0 spiro atoms. The van der Waals surface area contributed by atoms with Crippen molar-refractivity contribution in [1.82, 2.24) is 4.31 Å². The summed E-state index contributed by atoms with van der Waals surface area (Å²) in [6, 6.07) is 6.32. The Labute approximate surface area is 150 Å². The minimum absolute atomic E-state index is 0.200. The van der Waals surface area contributed by atoms with E-state index in [1.165, 1.54) is 6.26 Å². The van der Waals surface area contributed by atoms with Gasteiger partial charge < -0.3 is 20.3 Å². The molecule has 0 aliphatic carbocycles. The van der Waals surface area contributed by atoms with E-state index >= 15 is 0 Å². The number of sulfonamides is 1. The summed E-state index contributed by atoms with van der Waals surface area (Å²) in [6.07, 6.45) is 3.43. The van der Waals surface area contributed by atoms with Gasteiger partial charge in [-0.25, -0.2) is 8.42 Å². The number of piperazine rings is 1. The molecule has 1 atom stereocenters. The molecule has 0 unspecified atom stereocenters. The van der Waals surface area contributed by atoms with Crippen LogP contribution >= 0.6 is 0 Å². The molecular formula is C17H28N4O3S. The van der Waals surface area contributed by atoms with Crippen LogP contribution < -0.4 is 20.3 Å². The van der Waals surface area contributed by atoms with Crippen molar-refractivity contribution in [1.29, 1.82) is 0 Å². The fourth-order valence-electron chi connectivity index (χ4n) is 3.64. The number of hydrogen-bond donors (Lipinski definition) is 1. The van der Waals surface area contributed by atoms with Crippen LogP contribution in [0.2, 0.25) is 0 Å². The first-order valence-electron chi connectivity index (χ1n) is 8.77. The molecule has 1 aromatic carbocycles. The number of rotatable bonds is 4. The molecule has 2 aliphatic rings. The van der Waals surface area contributed by atoms with E-state index in [1.807, 2.05) is 12.1 Å². The molecule has 1 aromatic rings. The fourth-order valence-corrected chi connectivity index (χ4v) is 4.47. The molecule has 2 saturated heterocycles. The van der Waals surface area contributed by atoms with Gasteiger partial charge in [0, 0.05) is 51.4 Å². The average Bonchev–Trinajstić information content (AvgIpc) is 2.60. The second-order valence-corrected chi connectivity index (χ2v) is 8.83. The van der Waals surface area contributed by atoms with Gasteiger partial charge in [0.1, 0.15) is 5.75 Å². The third-order valence-electron chi connectivity index (χ3n) is 5.03. The zero-order chi connectivity index (χ0) is 18.0. The van der Waals surface area contributed by atoms with Gasteiger partial charge in [0.15, 0.2) is 0 Å². The number of nitrogens with zero attached hydrogens (tertiary/aromatic N) is 3. The van der Waals surface area contributed by atoms with Crippen molar-refractivity contribution < 1.29 is 13.2 Å². The Bertz CT molecular complexity index is 702. The van der Waals surface area contributed by atoms with E-state index in [1.54, 1.807) is 11.4 Å². The summed E-state index contributed by atoms with van der Waals surface area (Å²) < 4.78 is 30.4. The second-order valence-electron chi connectivity index (χ2n) is 6.85. The van der Waals surface area contributed by atoms with Crippen LogP contribution in [0.5, 0.6) is 5.75 Å². The monoisotopic (exact) mass is 368 g/mol. The molecular weight excluding hydrogens is 340 g/mol. The summed E-state index contributed by atoms with van der Waals surface area (Å²) in [6.45, 7) is 4.21. The molecule has 0 bridgehead atoms. The van der Waals surface area contributed by atoms with E-state index < -0.39 is 10.0 Å². The van der Waals surface area contributed by atoms with Gasteiger partial charge in [-0.3, -0.25) is 0 Å². The molecule has 140 valence electrons. The van der Waals surface area contributed by atoms with Crippen LogP contribution in [0.4, 0.5) is 11.4 Å². The van der Waals surface area contributed by atoms with Crippen molar-refractivity contribution in [2.45, 2.75) is 18.9 Å². The van der Waals surface area contributed by atoms with Gasteiger partial charge in [0.2, 0.25) is 10.0 Å². The number of ether oxygens (including phenoxy) is 1. The molecule has 8 heteroatoms. The van der Waals surface area contributed by atoms with Gasteiger partial charge in [0.25, 0.3) is 0 Å². The number of nitrogens with two attached hydrogens (primary N) is 1. The van der Waals surface area contributed by atoms with Gasteiger partial charge >= 0.3 is 0 Å². The zero-order valence-corrected chi connectivity index (χ0v) is 15.8. The van der Waals surface area contributed by atoms with Crippen molar-refractivity contribution in [2.24, 2.45) is 5.73 Å². The standard InChI is InChI=1S/C17H28N4O3S/c1-24-15-5-6-16(20-7-3-4-14(18)13-20)17(12-15)19-8-10-21(11-9-19)25(2,22)23/h5-6,12,14H,3-4,7-11,13,18H2,1-2H3/t14-/m1/s1. The normalized spacial score (nSPS) is 22.9. The lowest BCUT2D eigenvalue weighted by atomic mass is 10.0. The number of piperidine rings is 1. The summed E-state index contributed by atoms with van der Waals surface area (Å²) in [5.74, 6) is 0.811. The third kappa shape index (κ3) is 4.19. The Morgan fingerprint density at radius 1 is 1.08 bits per heavy atom. The van der Waals surface area contributed by atoms with E-state index in [0.29, 0.717) is 26.2 Å². The van der Waals surface area contributed by atoms with Crippen LogP contribution in [0, 0.1) is 0 Å². The van der Waals surface area contributed by atoms with Crippen LogP contribution in [0.25, 0.3) is 0 Å². The molecule has 0 radical (unpaired) electrons. The lowest BCUT2D eigenvalue weighted by Gasteiger charge is -2.39. The van der Waals surface area contributed by atoms with E-state index in [-0.39, 0.29) is 6.04 Å². The predicted molar refractivity (Wildman–Crippen MR) is 101 cm³/mol. The number of methoxy groups -OCH3 is 1. The van der Waals surface area contributed by atoms with E-state index in [9.17, 15) is 8.42 Å². The first kappa shape index (κ1) is 18.3. The predicted octanol–water partition coefficient (Wildman–Crippen LogP) is 0.704. The summed E-state index contributed by atoms with van der Waals surface area (Å²) in [5.41, 5.74) is 8.41. The highest BCUT2D eigenvalue weighted by atomic mass is 32.2. The van der Waals surface area contributed by atoms with Crippen LogP contribution in [0.15, 0.2) is 18.2 Å². The van der Waals surface area contributed by atoms with Crippen molar-refractivity contribution in [2.75, 3.05) is 62.4 Å². The van der Waals surface area contributed by atoms with Crippen LogP contribution in [0.1, 0.15) is 12.8 Å². The Morgan fingerprint density at radius 3 is 2.40 bits per heavy atom. The molecule has 3 rings (SSSR count). The molecule has 0 aromatic heterocycles. The minimum atomic E-state index is -3.13. The van der Waals surface area contributed by atoms with E-state index in [4.69, 9.17) is 10.5 Å². The van der Waals surface area contributed by atoms with Crippen molar-refractivity contribution in [3.63, 3.8) is 0 Å². The highest BCUT2D eigenvalue weighted by molar-refractivity contribution is 7.88. The van der Waals surface area contributed by atoms with Gasteiger partial charge in [-0.1, -0.05) is 0 Å². The molecule has 0 saturated carbocycles. The maximum atomic E-state index is 11.7. The smallest absolute Gasteiger partial charge is 0.211 e. The average molecular weight is 369 g/mol. The SMILES string of the molecule is COc1ccc(N2CCC[C@@H](N)C2)c(N2CCN(S(C)(=O)=O)CC2)c1. The molecule has 2 aliphatic heterocycles. The van der Waals surface area contributed by atoms with E-state index in [2.05, 4.69) is 15.9 Å². The molecule has 2 fully saturated rings. The van der Waals surface area contributed by atoms with Crippen LogP contribution in [0.3, 0.4) is 0 Å². The summed E-state index contributed by atoms with van der Waals surface area (Å²) in [4.78, 5) is 4.59. The molecule has 25 heavy (non-hydrogen) atoms. The van der Waals surface area contributed by atoms with Crippen LogP contribution in [-0.4, -0.2) is 71.4 Å². The van der Waals surface area contributed by atoms with E-state index in [0.717, 1.165) is 43.1 Å². The fraction of sp³-hybridized carbons (Fsp3) is 0.647. The maximum absolute atomic E-state index is 11.7. The lowest BCUT2D eigenvalue weighted by Crippen LogP contribution is -2.49. The second kappa shape index (κ2) is 7.39. The maximum Gasteiger partial charge on any atom is 0.211 e. The van der Waals surface area contributed by atoms with Gasteiger partial charge in [-0.15, -0.1) is 0 Å². The minimum Gasteiger partial charge on any atom is -0.497 e. The summed E-state index contributed by atoms with van der Waals surface area (Å²) >= 11 is 0. The molecule has 0 amide bonds. The first-order chi connectivity index (χ1) is 11.9. The van der Waals surface area contributed by atoms with Gasteiger partial charge in [-0.2, -0.15) is 4.31 Å². The van der Waals surface area contributed by atoms with Crippen molar-refractivity contribution in [3.8, 4) is 5.75 Å². The Kier molecular flexibility index (Phi) is 5.41. The molecule has 2 N–H and O–H groups in total. The van der Waals surface area contributed by atoms with Gasteiger partial charge in [-0.05, 0) is 25.0 Å². The number of benzene rings is 1. The highest BCUT2D eigenvalue weighted by Crippen LogP contribution is 2.35. The van der Waals surface area contributed by atoms with Crippen molar-refractivity contribution >= 4 is 21.4 Å². The highest BCUT2D eigenvalue weighted by Gasteiger charge is 2.27. The van der Waals surface area contributed by atoms with Crippen molar-refractivity contribution in [3.05, 3.63) is 18.2 Å². The van der Waals surface area contributed by atoms with Gasteiger partial charge in [0.05, 0.1) is 24.7 Å². The zero-order valence-electron chi connectivity index (χ0n) is 15.0. The Morgan fingerprint density at radius 2 is 1.80 bits per heavy atom. The molecule has 2 heterocycles. The van der Waals surface area contributed by atoms with Crippen LogP contribution in [-0.2, 0) is 10.0 Å². The third-order valence-corrected chi connectivity index (χ3v) is 6.33. The topological polar surface area (TPSA) is 79.1 Å². The quantitative estimate of drug-likeness (QED) is 0.843. The Hall–Kier alpha value is -1.51. The summed E-state index contributed by atoms with van der Waals surface area (Å²) in [7, 11) is -1.46. The Balaban J connectivity index is 1.84. The first-order valence-corrected chi connectivity index (χ1v) is 10.6.